The molecule has 0 spiro atoms. The Balaban J connectivity index is 4.19. The molecule has 2 N–H and O–H groups in total. The maximum absolute atomic E-state index is 6.01. The largest absolute Gasteiger partial charge is 0.314 e. The van der Waals surface area contributed by atoms with Crippen LogP contribution in [0.2, 0.25) is 0 Å². The summed E-state index contributed by atoms with van der Waals surface area (Å²) in [6.45, 7) is 6.04. The molecule has 0 aromatic heterocycles. The van der Waals surface area contributed by atoms with Gasteiger partial charge in [0.05, 0.1) is 12.0 Å². The second kappa shape index (κ2) is 7.00. The van der Waals surface area contributed by atoms with Crippen LogP contribution in [0.15, 0.2) is 0 Å². The summed E-state index contributed by atoms with van der Waals surface area (Å²) in [5.41, 5.74) is 5.40. The maximum atomic E-state index is 6.01. The van der Waals surface area contributed by atoms with Gasteiger partial charge in [-0.2, -0.15) is 0 Å². The Morgan fingerprint density at radius 1 is 1.20 bits per heavy atom. The molecule has 0 rings (SSSR count). The first-order valence-corrected chi connectivity index (χ1v) is 5.25. The minimum absolute atomic E-state index is 0.235. The van der Waals surface area contributed by atoms with E-state index in [1.807, 2.05) is 20.8 Å². The fraction of sp³-hybridized carbons (Fsp3) is 0.571. The van der Waals surface area contributed by atoms with Gasteiger partial charge in [-0.3, -0.25) is 0 Å². The summed E-state index contributed by atoms with van der Waals surface area (Å²) in [7, 11) is 0. The monoisotopic (exact) mass is 201 g/mol. The van der Waals surface area contributed by atoms with Gasteiger partial charge in [0.15, 0.2) is 0 Å². The molecular weight excluding hydrogens is 182 g/mol. The van der Waals surface area contributed by atoms with E-state index in [4.69, 9.17) is 12.2 Å². The van der Waals surface area contributed by atoms with Gasteiger partial charge in [-0.25, -0.2) is 0 Å². The topological polar surface area (TPSA) is 26.0 Å². The molecule has 15 heavy (non-hydrogen) atoms. The number of hydrogen-bond acceptors (Lipinski definition) is 1. The van der Waals surface area contributed by atoms with E-state index >= 15 is 0 Å². The second-order valence-corrected chi connectivity index (χ2v) is 3.75. The maximum Gasteiger partial charge on any atom is 0.0906 e. The third-order valence-electron chi connectivity index (χ3n) is 2.28. The van der Waals surface area contributed by atoms with Crippen LogP contribution in [0.4, 0.5) is 0 Å². The molecule has 1 nitrogen and oxygen atoms in total. The number of hydrogen-bond donors (Lipinski definition) is 1. The van der Waals surface area contributed by atoms with Gasteiger partial charge in [0.2, 0.25) is 0 Å². The van der Waals surface area contributed by atoms with Crippen LogP contribution in [0, 0.1) is 41.9 Å². The molecule has 0 aromatic rings. The Kier molecular flexibility index (Phi) is 6.37. The molecule has 0 aliphatic heterocycles. The fourth-order valence-corrected chi connectivity index (χ4v) is 0.925. The smallest absolute Gasteiger partial charge is 0.0906 e. The van der Waals surface area contributed by atoms with Crippen molar-refractivity contribution in [1.29, 1.82) is 0 Å². The number of nitrogens with two attached hydrogens (primary N) is 1. The van der Waals surface area contributed by atoms with Crippen molar-refractivity contribution in [3.05, 3.63) is 0 Å². The minimum atomic E-state index is -0.606. The average molecular weight is 201 g/mol. The molecule has 0 heterocycles. The number of rotatable bonds is 2. The van der Waals surface area contributed by atoms with Gasteiger partial charge >= 0.3 is 0 Å². The molecule has 0 saturated heterocycles. The standard InChI is InChI=1S/C14H19N/c1-5-7-8-9-10-11-12-14(15,6-2)13(3)4/h2,13H,5,9,12,15H2,1,3-4H3. The van der Waals surface area contributed by atoms with Crippen LogP contribution in [0.25, 0.3) is 0 Å². The molecule has 0 fully saturated rings. The predicted octanol–water partition coefficient (Wildman–Crippen LogP) is 2.17. The van der Waals surface area contributed by atoms with Crippen LogP contribution in [0.3, 0.4) is 0 Å². The van der Waals surface area contributed by atoms with Gasteiger partial charge in [0.1, 0.15) is 0 Å². The van der Waals surface area contributed by atoms with Gasteiger partial charge in [0, 0.05) is 12.8 Å². The Morgan fingerprint density at radius 2 is 1.80 bits per heavy atom. The first-order chi connectivity index (χ1) is 7.06. The normalized spacial score (nSPS) is 12.8. The van der Waals surface area contributed by atoms with E-state index < -0.39 is 5.54 Å². The zero-order chi connectivity index (χ0) is 11.7. The third kappa shape index (κ3) is 5.17. The fourth-order valence-electron chi connectivity index (χ4n) is 0.925. The van der Waals surface area contributed by atoms with E-state index in [2.05, 4.69) is 29.6 Å². The van der Waals surface area contributed by atoms with Crippen LogP contribution in [-0.4, -0.2) is 5.54 Å². The summed E-state index contributed by atoms with van der Waals surface area (Å²) in [6, 6.07) is 0. The van der Waals surface area contributed by atoms with Crippen molar-refractivity contribution in [2.24, 2.45) is 11.7 Å². The Morgan fingerprint density at radius 3 is 2.27 bits per heavy atom. The lowest BCUT2D eigenvalue weighted by molar-refractivity contribution is 0.408. The van der Waals surface area contributed by atoms with Gasteiger partial charge in [-0.1, -0.05) is 44.5 Å². The van der Waals surface area contributed by atoms with Gasteiger partial charge in [-0.15, -0.1) is 12.3 Å². The molecule has 0 saturated carbocycles. The van der Waals surface area contributed by atoms with Gasteiger partial charge in [0.25, 0.3) is 0 Å². The summed E-state index contributed by atoms with van der Waals surface area (Å²) in [5, 5.41) is 0. The minimum Gasteiger partial charge on any atom is -0.314 e. The molecule has 0 aliphatic carbocycles. The van der Waals surface area contributed by atoms with Crippen LogP contribution in [-0.2, 0) is 0 Å². The first kappa shape index (κ1) is 13.6. The van der Waals surface area contributed by atoms with Gasteiger partial charge < -0.3 is 5.73 Å². The second-order valence-electron chi connectivity index (χ2n) is 3.75. The molecule has 0 amide bonds. The Hall–Kier alpha value is -1.36. The summed E-state index contributed by atoms with van der Waals surface area (Å²) < 4.78 is 0. The highest BCUT2D eigenvalue weighted by Gasteiger charge is 2.24. The molecule has 0 aliphatic rings. The SMILES string of the molecule is C#CC(N)(CC#CCC#CCC)C(C)C. The molecule has 1 unspecified atom stereocenters. The van der Waals surface area contributed by atoms with Crippen molar-refractivity contribution in [3.63, 3.8) is 0 Å². The van der Waals surface area contributed by atoms with Crippen molar-refractivity contribution in [2.45, 2.75) is 45.6 Å². The zero-order valence-electron chi connectivity index (χ0n) is 9.85. The van der Waals surface area contributed by atoms with E-state index in [0.717, 1.165) is 6.42 Å². The molecule has 0 radical (unpaired) electrons. The van der Waals surface area contributed by atoms with Crippen molar-refractivity contribution < 1.29 is 0 Å². The van der Waals surface area contributed by atoms with Crippen LogP contribution < -0.4 is 5.73 Å². The van der Waals surface area contributed by atoms with Crippen LogP contribution in [0.5, 0.6) is 0 Å². The summed E-state index contributed by atoms with van der Waals surface area (Å²) in [6.07, 6.45) is 7.41. The molecule has 1 heteroatoms. The lowest BCUT2D eigenvalue weighted by atomic mass is 9.85. The molecule has 0 aromatic carbocycles. The van der Waals surface area contributed by atoms with E-state index in [1.54, 1.807) is 0 Å². The summed E-state index contributed by atoms with van der Waals surface area (Å²) in [4.78, 5) is 0. The highest BCUT2D eigenvalue weighted by Crippen LogP contribution is 2.16. The Bertz CT molecular complexity index is 337. The van der Waals surface area contributed by atoms with Crippen molar-refractivity contribution in [3.8, 4) is 36.0 Å². The molecule has 1 atom stereocenters. The van der Waals surface area contributed by atoms with Gasteiger partial charge in [-0.05, 0) is 5.92 Å². The number of terminal acetylenes is 1. The zero-order valence-corrected chi connectivity index (χ0v) is 9.85. The third-order valence-corrected chi connectivity index (χ3v) is 2.28. The Labute approximate surface area is 93.8 Å². The van der Waals surface area contributed by atoms with Crippen LogP contribution in [0.1, 0.15) is 40.0 Å². The predicted molar refractivity (Wildman–Crippen MR) is 65.7 cm³/mol. The first-order valence-electron chi connectivity index (χ1n) is 5.25. The summed E-state index contributed by atoms with van der Waals surface area (Å²) in [5.74, 6) is 14.7. The highest BCUT2D eigenvalue weighted by atomic mass is 14.7. The average Bonchev–Trinajstić information content (AvgIpc) is 2.22. The highest BCUT2D eigenvalue weighted by molar-refractivity contribution is 5.20. The van der Waals surface area contributed by atoms with E-state index in [0.29, 0.717) is 12.8 Å². The van der Waals surface area contributed by atoms with Crippen molar-refractivity contribution in [1.82, 2.24) is 0 Å². The van der Waals surface area contributed by atoms with Crippen molar-refractivity contribution in [2.75, 3.05) is 0 Å². The van der Waals surface area contributed by atoms with E-state index in [1.165, 1.54) is 0 Å². The lowest BCUT2D eigenvalue weighted by Crippen LogP contribution is -2.43. The van der Waals surface area contributed by atoms with E-state index in [9.17, 15) is 0 Å². The van der Waals surface area contributed by atoms with Crippen molar-refractivity contribution >= 4 is 0 Å². The van der Waals surface area contributed by atoms with E-state index in [-0.39, 0.29) is 5.92 Å². The quantitative estimate of drug-likeness (QED) is 0.681. The lowest BCUT2D eigenvalue weighted by Gasteiger charge is -2.25. The van der Waals surface area contributed by atoms with Crippen LogP contribution >= 0.6 is 0 Å². The molecular formula is C14H19N. The molecule has 0 bridgehead atoms. The molecule has 80 valence electrons. The summed E-state index contributed by atoms with van der Waals surface area (Å²) >= 11 is 0.